The topological polar surface area (TPSA) is 72.3 Å². The number of aryl methyl sites for hydroxylation is 2. The Morgan fingerprint density at radius 1 is 0.893 bits per heavy atom. The molecular weight excluding hydrogens is 348 g/mol. The normalized spacial score (nSPS) is 11.1. The van der Waals surface area contributed by atoms with Gasteiger partial charge in [0.2, 0.25) is 0 Å². The van der Waals surface area contributed by atoms with Gasteiger partial charge in [-0.25, -0.2) is 4.98 Å². The number of fused-ring (bicyclic) bond motifs is 1. The Bertz CT molecular complexity index is 1220. The van der Waals surface area contributed by atoms with Gasteiger partial charge in [-0.3, -0.25) is 10.1 Å². The lowest BCUT2D eigenvalue weighted by molar-refractivity contribution is 0.698. The lowest BCUT2D eigenvalue weighted by Crippen LogP contribution is -1.99. The van der Waals surface area contributed by atoms with E-state index in [-0.39, 0.29) is 0 Å². The molecule has 3 aromatic heterocycles. The summed E-state index contributed by atoms with van der Waals surface area (Å²) in [7, 11) is 0. The smallest absolute Gasteiger partial charge is 0.112 e. The highest BCUT2D eigenvalue weighted by Gasteiger charge is 2.08. The van der Waals surface area contributed by atoms with Gasteiger partial charge in [0.05, 0.1) is 12.0 Å². The number of rotatable bonds is 5. The lowest BCUT2D eigenvalue weighted by Gasteiger charge is -2.07. The first kappa shape index (κ1) is 16.4. The van der Waals surface area contributed by atoms with Gasteiger partial charge in [-0.15, -0.1) is 5.10 Å². The van der Waals surface area contributed by atoms with Crippen molar-refractivity contribution < 1.29 is 0 Å². The first-order chi connectivity index (χ1) is 13.9. The van der Waals surface area contributed by atoms with Gasteiger partial charge in [-0.2, -0.15) is 0 Å². The summed E-state index contributed by atoms with van der Waals surface area (Å²) in [4.78, 5) is 9.00. The third kappa shape index (κ3) is 3.16. The molecule has 136 valence electrons. The molecule has 0 aliphatic rings. The van der Waals surface area contributed by atoms with Crippen molar-refractivity contribution in [2.75, 3.05) is 0 Å². The summed E-state index contributed by atoms with van der Waals surface area (Å²) in [5.41, 5.74) is 4.77. The van der Waals surface area contributed by atoms with Gasteiger partial charge in [-0.1, -0.05) is 47.7 Å². The maximum atomic E-state index is 4.54. The Kier molecular flexibility index (Phi) is 4.14. The highest BCUT2D eigenvalue weighted by Crippen LogP contribution is 2.22. The fourth-order valence-electron chi connectivity index (χ4n) is 3.45. The Hall–Kier alpha value is -3.80. The van der Waals surface area contributed by atoms with Crippen LogP contribution in [0.25, 0.3) is 33.4 Å². The van der Waals surface area contributed by atoms with Crippen molar-refractivity contribution in [2.45, 2.75) is 13.0 Å². The van der Waals surface area contributed by atoms with E-state index in [1.165, 1.54) is 16.3 Å². The van der Waals surface area contributed by atoms with Gasteiger partial charge in [0.1, 0.15) is 11.4 Å². The molecule has 0 saturated carbocycles. The highest BCUT2D eigenvalue weighted by molar-refractivity contribution is 5.85. The molecule has 0 radical (unpaired) electrons. The minimum absolute atomic E-state index is 0.791. The molecule has 6 heteroatoms. The number of nitrogens with zero attached hydrogens (tertiary/aromatic N) is 5. The number of H-pyrrole nitrogens is 1. The van der Waals surface area contributed by atoms with Gasteiger partial charge < -0.3 is 4.57 Å². The predicted octanol–water partition coefficient (Wildman–Crippen LogP) is 4.13. The van der Waals surface area contributed by atoms with Gasteiger partial charge in [0.15, 0.2) is 0 Å². The molecular formula is C22H18N6. The molecule has 0 saturated heterocycles. The second-order valence-electron chi connectivity index (χ2n) is 6.67. The molecule has 0 bridgehead atoms. The van der Waals surface area contributed by atoms with E-state index in [0.717, 1.165) is 35.6 Å². The largest absolute Gasteiger partial charge is 0.336 e. The summed E-state index contributed by atoms with van der Waals surface area (Å²) >= 11 is 0. The Morgan fingerprint density at radius 3 is 2.75 bits per heavy atom. The number of benzene rings is 2. The molecule has 3 heterocycles. The standard InChI is InChI=1S/C22H18N6/c1-2-7-19-16(4-1)5-3-6-17(19)9-11-28-14-22(24-15-28)20-12-18(8-10-23-20)21-13-25-27-26-21/h1-8,10,12-15H,9,11H2,(H,25,26,27). The van der Waals surface area contributed by atoms with Crippen LogP contribution in [0.3, 0.4) is 0 Å². The quantitative estimate of drug-likeness (QED) is 0.508. The molecule has 5 rings (SSSR count). The van der Waals surface area contributed by atoms with E-state index in [1.807, 2.05) is 24.7 Å². The number of hydrogen-bond donors (Lipinski definition) is 1. The zero-order valence-electron chi connectivity index (χ0n) is 15.2. The number of imidazole rings is 1. The van der Waals surface area contributed by atoms with Crippen LogP contribution < -0.4 is 0 Å². The SMILES string of the molecule is c1ccc2c(CCn3cnc(-c4cc(-c5c[nH]nn5)ccn4)c3)cccc2c1. The van der Waals surface area contributed by atoms with Crippen LogP contribution in [0.5, 0.6) is 0 Å². The second-order valence-corrected chi connectivity index (χ2v) is 6.67. The van der Waals surface area contributed by atoms with Crippen molar-refractivity contribution in [1.29, 1.82) is 0 Å². The number of aromatic amines is 1. The van der Waals surface area contributed by atoms with Crippen LogP contribution in [0, 0.1) is 0 Å². The molecule has 0 unspecified atom stereocenters. The minimum Gasteiger partial charge on any atom is -0.336 e. The molecule has 6 nitrogen and oxygen atoms in total. The van der Waals surface area contributed by atoms with Crippen LogP contribution in [0.4, 0.5) is 0 Å². The molecule has 1 N–H and O–H groups in total. The first-order valence-electron chi connectivity index (χ1n) is 9.18. The van der Waals surface area contributed by atoms with Crippen molar-refractivity contribution >= 4 is 10.8 Å². The van der Waals surface area contributed by atoms with Crippen LogP contribution in [0.2, 0.25) is 0 Å². The molecule has 0 spiro atoms. The number of hydrogen-bond acceptors (Lipinski definition) is 4. The maximum Gasteiger partial charge on any atom is 0.112 e. The van der Waals surface area contributed by atoms with Crippen LogP contribution in [-0.2, 0) is 13.0 Å². The number of aromatic nitrogens is 6. The van der Waals surface area contributed by atoms with E-state index in [4.69, 9.17) is 0 Å². The molecule has 0 aliphatic heterocycles. The van der Waals surface area contributed by atoms with Crippen molar-refractivity contribution in [2.24, 2.45) is 0 Å². The van der Waals surface area contributed by atoms with E-state index >= 15 is 0 Å². The monoisotopic (exact) mass is 366 g/mol. The van der Waals surface area contributed by atoms with Crippen LogP contribution >= 0.6 is 0 Å². The van der Waals surface area contributed by atoms with E-state index in [9.17, 15) is 0 Å². The zero-order chi connectivity index (χ0) is 18.8. The fraction of sp³-hybridized carbons (Fsp3) is 0.0909. The van der Waals surface area contributed by atoms with Crippen LogP contribution in [0.1, 0.15) is 5.56 Å². The molecule has 0 atom stereocenters. The molecule has 2 aromatic carbocycles. The maximum absolute atomic E-state index is 4.54. The number of pyridine rings is 1. The van der Waals surface area contributed by atoms with E-state index in [0.29, 0.717) is 0 Å². The summed E-state index contributed by atoms with van der Waals surface area (Å²) in [5, 5.41) is 13.1. The van der Waals surface area contributed by atoms with Crippen molar-refractivity contribution in [3.63, 3.8) is 0 Å². The summed E-state index contributed by atoms with van der Waals surface area (Å²) in [5.74, 6) is 0. The Labute approximate surface area is 161 Å². The van der Waals surface area contributed by atoms with Crippen molar-refractivity contribution in [3.05, 3.63) is 85.1 Å². The second kappa shape index (κ2) is 7.08. The van der Waals surface area contributed by atoms with Gasteiger partial charge in [0.25, 0.3) is 0 Å². The van der Waals surface area contributed by atoms with Crippen molar-refractivity contribution in [1.82, 2.24) is 29.9 Å². The number of nitrogens with one attached hydrogen (secondary N) is 1. The summed E-state index contributed by atoms with van der Waals surface area (Å²) in [6.45, 7) is 0.865. The highest BCUT2D eigenvalue weighted by atomic mass is 15.3. The zero-order valence-corrected chi connectivity index (χ0v) is 15.2. The van der Waals surface area contributed by atoms with E-state index in [2.05, 4.69) is 72.4 Å². The van der Waals surface area contributed by atoms with Crippen LogP contribution in [-0.4, -0.2) is 29.9 Å². The summed E-state index contributed by atoms with van der Waals surface area (Å²) in [6, 6.07) is 18.9. The molecule has 5 aromatic rings. The van der Waals surface area contributed by atoms with Crippen LogP contribution in [0.15, 0.2) is 79.5 Å². The Morgan fingerprint density at radius 2 is 1.82 bits per heavy atom. The van der Waals surface area contributed by atoms with Gasteiger partial charge >= 0.3 is 0 Å². The van der Waals surface area contributed by atoms with Crippen molar-refractivity contribution in [3.8, 4) is 22.6 Å². The average molecular weight is 366 g/mol. The third-order valence-corrected chi connectivity index (χ3v) is 4.89. The van der Waals surface area contributed by atoms with Gasteiger partial charge in [-0.05, 0) is 34.9 Å². The third-order valence-electron chi connectivity index (χ3n) is 4.89. The predicted molar refractivity (Wildman–Crippen MR) is 108 cm³/mol. The molecule has 0 aliphatic carbocycles. The Balaban J connectivity index is 1.36. The van der Waals surface area contributed by atoms with Gasteiger partial charge in [0, 0.05) is 30.7 Å². The summed E-state index contributed by atoms with van der Waals surface area (Å²) < 4.78 is 2.11. The lowest BCUT2D eigenvalue weighted by atomic mass is 10.0. The average Bonchev–Trinajstić information content (AvgIpc) is 3.45. The van der Waals surface area contributed by atoms with E-state index < -0.39 is 0 Å². The molecule has 0 amide bonds. The first-order valence-corrected chi connectivity index (χ1v) is 9.18. The fourth-order valence-corrected chi connectivity index (χ4v) is 3.45. The molecule has 28 heavy (non-hydrogen) atoms. The summed E-state index contributed by atoms with van der Waals surface area (Å²) in [6.07, 6.45) is 8.39. The minimum atomic E-state index is 0.791. The van der Waals surface area contributed by atoms with E-state index in [1.54, 1.807) is 12.4 Å². The molecule has 0 fully saturated rings.